The summed E-state index contributed by atoms with van der Waals surface area (Å²) in [6.07, 6.45) is 3.90. The predicted octanol–water partition coefficient (Wildman–Crippen LogP) is 5.24. The summed E-state index contributed by atoms with van der Waals surface area (Å²) in [5, 5.41) is 0. The van der Waals surface area contributed by atoms with E-state index in [1.165, 1.54) is 6.92 Å². The van der Waals surface area contributed by atoms with Crippen molar-refractivity contribution >= 4 is 0 Å². The molecule has 25 heavy (non-hydrogen) atoms. The van der Waals surface area contributed by atoms with E-state index in [0.717, 1.165) is 36.2 Å². The van der Waals surface area contributed by atoms with E-state index in [2.05, 4.69) is 9.97 Å². The van der Waals surface area contributed by atoms with Gasteiger partial charge in [0.2, 0.25) is 0 Å². The molecule has 0 aliphatic carbocycles. The maximum atomic E-state index is 14.5. The van der Waals surface area contributed by atoms with Crippen LogP contribution < -0.4 is 0 Å². The zero-order valence-electron chi connectivity index (χ0n) is 13.6. The number of halogens is 4. The summed E-state index contributed by atoms with van der Waals surface area (Å²) in [5.41, 5.74) is 0.142. The third-order valence-electron chi connectivity index (χ3n) is 3.98. The van der Waals surface area contributed by atoms with Crippen molar-refractivity contribution in [2.75, 3.05) is 0 Å². The molecule has 0 bridgehead atoms. The van der Waals surface area contributed by atoms with Crippen LogP contribution in [-0.4, -0.2) is 9.97 Å². The summed E-state index contributed by atoms with van der Waals surface area (Å²) >= 11 is 0. The largest absolute Gasteiger partial charge is 0.236 e. The van der Waals surface area contributed by atoms with Crippen LogP contribution in [0.2, 0.25) is 0 Å². The van der Waals surface area contributed by atoms with Crippen molar-refractivity contribution in [2.45, 2.75) is 20.3 Å². The first-order valence-electron chi connectivity index (χ1n) is 7.67. The van der Waals surface area contributed by atoms with Crippen LogP contribution in [0.3, 0.4) is 0 Å². The Morgan fingerprint density at radius 1 is 0.760 bits per heavy atom. The normalized spacial score (nSPS) is 11.0. The summed E-state index contributed by atoms with van der Waals surface area (Å²) in [4.78, 5) is 8.16. The molecular formula is C19H14F4N2. The molecule has 0 aliphatic rings. The second-order valence-electron chi connectivity index (χ2n) is 5.65. The van der Waals surface area contributed by atoms with Crippen LogP contribution in [0.25, 0.3) is 22.5 Å². The van der Waals surface area contributed by atoms with Gasteiger partial charge < -0.3 is 0 Å². The van der Waals surface area contributed by atoms with Crippen LogP contribution in [0.4, 0.5) is 17.6 Å². The van der Waals surface area contributed by atoms with Crippen molar-refractivity contribution in [1.82, 2.24) is 9.97 Å². The Morgan fingerprint density at radius 2 is 1.24 bits per heavy atom. The standard InChI is InChI=1S/C19H14F4N2/c1-3-11-8-24-19(25-9-11)13-6-16(22)18(17(23)7-13)12-4-14(20)10(2)15(21)5-12/h4-9H,3H2,1-2H3. The Balaban J connectivity index is 2.09. The van der Waals surface area contributed by atoms with Crippen LogP contribution >= 0.6 is 0 Å². The zero-order valence-corrected chi connectivity index (χ0v) is 13.6. The van der Waals surface area contributed by atoms with Gasteiger partial charge in [-0.15, -0.1) is 0 Å². The molecule has 128 valence electrons. The summed E-state index contributed by atoms with van der Waals surface area (Å²) < 4.78 is 56.3. The van der Waals surface area contributed by atoms with Gasteiger partial charge in [0.05, 0.1) is 5.56 Å². The molecule has 1 heterocycles. The smallest absolute Gasteiger partial charge is 0.159 e. The molecule has 1 aromatic heterocycles. The SMILES string of the molecule is CCc1cnc(-c2cc(F)c(-c3cc(F)c(C)c(F)c3)c(F)c2)nc1. The summed E-state index contributed by atoms with van der Waals surface area (Å²) in [5.74, 6) is -3.45. The van der Waals surface area contributed by atoms with Crippen LogP contribution in [0.1, 0.15) is 18.1 Å². The molecular weight excluding hydrogens is 332 g/mol. The Kier molecular flexibility index (Phi) is 4.53. The van der Waals surface area contributed by atoms with E-state index < -0.39 is 28.8 Å². The van der Waals surface area contributed by atoms with Crippen molar-refractivity contribution in [3.63, 3.8) is 0 Å². The predicted molar refractivity (Wildman–Crippen MR) is 86.9 cm³/mol. The molecule has 0 spiro atoms. The summed E-state index contributed by atoms with van der Waals surface area (Å²) in [6, 6.07) is 3.92. The molecule has 0 amide bonds. The van der Waals surface area contributed by atoms with Gasteiger partial charge in [-0.25, -0.2) is 27.5 Å². The first-order chi connectivity index (χ1) is 11.9. The van der Waals surface area contributed by atoms with E-state index in [0.29, 0.717) is 0 Å². The van der Waals surface area contributed by atoms with Gasteiger partial charge in [0.25, 0.3) is 0 Å². The van der Waals surface area contributed by atoms with Gasteiger partial charge in [0, 0.05) is 23.5 Å². The molecule has 6 heteroatoms. The lowest BCUT2D eigenvalue weighted by atomic mass is 10.00. The average molecular weight is 346 g/mol. The minimum Gasteiger partial charge on any atom is -0.236 e. The van der Waals surface area contributed by atoms with E-state index in [4.69, 9.17) is 0 Å². The Hall–Kier alpha value is -2.76. The Labute approximate surface area is 142 Å². The number of hydrogen-bond acceptors (Lipinski definition) is 2. The van der Waals surface area contributed by atoms with Gasteiger partial charge in [-0.05, 0) is 48.7 Å². The second-order valence-corrected chi connectivity index (χ2v) is 5.65. The van der Waals surface area contributed by atoms with Crippen LogP contribution in [0, 0.1) is 30.2 Å². The van der Waals surface area contributed by atoms with Gasteiger partial charge in [0.15, 0.2) is 5.82 Å². The van der Waals surface area contributed by atoms with E-state index in [9.17, 15) is 17.6 Å². The highest BCUT2D eigenvalue weighted by Gasteiger charge is 2.18. The maximum Gasteiger partial charge on any atom is 0.159 e. The lowest BCUT2D eigenvalue weighted by Gasteiger charge is -2.10. The van der Waals surface area contributed by atoms with Gasteiger partial charge in [0.1, 0.15) is 23.3 Å². The van der Waals surface area contributed by atoms with Crippen molar-refractivity contribution in [3.8, 4) is 22.5 Å². The van der Waals surface area contributed by atoms with Gasteiger partial charge in [-0.1, -0.05) is 6.92 Å². The quantitative estimate of drug-likeness (QED) is 0.606. The highest BCUT2D eigenvalue weighted by molar-refractivity contribution is 5.69. The number of aryl methyl sites for hydroxylation is 1. The molecule has 3 rings (SSSR count). The monoisotopic (exact) mass is 346 g/mol. The van der Waals surface area contributed by atoms with Crippen molar-refractivity contribution < 1.29 is 17.6 Å². The average Bonchev–Trinajstić information content (AvgIpc) is 2.59. The molecule has 0 saturated carbocycles. The van der Waals surface area contributed by atoms with Crippen molar-refractivity contribution in [2.24, 2.45) is 0 Å². The van der Waals surface area contributed by atoms with Crippen molar-refractivity contribution in [1.29, 1.82) is 0 Å². The van der Waals surface area contributed by atoms with E-state index in [1.54, 1.807) is 12.4 Å². The summed E-state index contributed by atoms with van der Waals surface area (Å²) in [7, 11) is 0. The molecule has 2 aromatic carbocycles. The van der Waals surface area contributed by atoms with E-state index in [1.807, 2.05) is 6.92 Å². The lowest BCUT2D eigenvalue weighted by molar-refractivity contribution is 0.566. The van der Waals surface area contributed by atoms with Gasteiger partial charge >= 0.3 is 0 Å². The van der Waals surface area contributed by atoms with Crippen molar-refractivity contribution in [3.05, 3.63) is 71.1 Å². The molecule has 3 aromatic rings. The zero-order chi connectivity index (χ0) is 18.1. The fraction of sp³-hybridized carbons (Fsp3) is 0.158. The number of benzene rings is 2. The first-order valence-corrected chi connectivity index (χ1v) is 7.67. The van der Waals surface area contributed by atoms with Crippen LogP contribution in [0.5, 0.6) is 0 Å². The molecule has 0 atom stereocenters. The minimum absolute atomic E-state index is 0.148. The second kappa shape index (κ2) is 6.63. The fourth-order valence-electron chi connectivity index (χ4n) is 2.45. The maximum absolute atomic E-state index is 14.5. The molecule has 0 N–H and O–H groups in total. The molecule has 0 radical (unpaired) electrons. The number of nitrogens with zero attached hydrogens (tertiary/aromatic N) is 2. The fourth-order valence-corrected chi connectivity index (χ4v) is 2.45. The molecule has 2 nitrogen and oxygen atoms in total. The number of hydrogen-bond donors (Lipinski definition) is 0. The minimum atomic E-state index is -0.944. The van der Waals surface area contributed by atoms with E-state index in [-0.39, 0.29) is 22.5 Å². The van der Waals surface area contributed by atoms with Crippen LogP contribution in [0.15, 0.2) is 36.7 Å². The Morgan fingerprint density at radius 3 is 1.72 bits per heavy atom. The molecule has 0 aliphatic heterocycles. The summed E-state index contributed by atoms with van der Waals surface area (Å²) in [6.45, 7) is 3.19. The third-order valence-corrected chi connectivity index (χ3v) is 3.98. The lowest BCUT2D eigenvalue weighted by Crippen LogP contribution is -1.98. The van der Waals surface area contributed by atoms with E-state index >= 15 is 0 Å². The first kappa shape index (κ1) is 17.1. The number of aromatic nitrogens is 2. The van der Waals surface area contributed by atoms with Gasteiger partial charge in [-0.2, -0.15) is 0 Å². The number of rotatable bonds is 3. The molecule has 0 saturated heterocycles. The highest BCUT2D eigenvalue weighted by atomic mass is 19.1. The molecule has 0 unspecified atom stereocenters. The Bertz CT molecular complexity index is 891. The topological polar surface area (TPSA) is 25.8 Å². The highest BCUT2D eigenvalue weighted by Crippen LogP contribution is 2.31. The third kappa shape index (κ3) is 3.24. The van der Waals surface area contributed by atoms with Crippen LogP contribution in [-0.2, 0) is 6.42 Å². The molecule has 0 fully saturated rings. The van der Waals surface area contributed by atoms with Gasteiger partial charge in [-0.3, -0.25) is 0 Å².